The third-order valence-corrected chi connectivity index (χ3v) is 4.40. The van der Waals surface area contributed by atoms with Crippen molar-refractivity contribution in [1.82, 2.24) is 5.32 Å². The number of halogens is 1. The number of phenolic OH excluding ortho intramolecular Hbond substituents is 1. The molecule has 0 atom stereocenters. The fraction of sp³-hybridized carbons (Fsp3) is 0.600. The molecule has 0 aromatic heterocycles. The van der Waals surface area contributed by atoms with Gasteiger partial charge in [0, 0.05) is 18.2 Å². The summed E-state index contributed by atoms with van der Waals surface area (Å²) in [6, 6.07) is 6.44. The Morgan fingerprint density at radius 2 is 1.78 bits per heavy atom. The number of hydrogen-bond acceptors (Lipinski definition) is 2. The summed E-state index contributed by atoms with van der Waals surface area (Å²) in [5.74, 6) is 0.371. The molecule has 0 radical (unpaired) electrons. The molecule has 0 aliphatic heterocycles. The number of rotatable bonds is 3. The van der Waals surface area contributed by atoms with Crippen LogP contribution in [-0.2, 0) is 6.54 Å². The minimum Gasteiger partial charge on any atom is -0.506 e. The molecule has 0 amide bonds. The second kappa shape index (κ2) is 7.15. The Morgan fingerprint density at radius 3 is 2.50 bits per heavy atom. The molecule has 18 heavy (non-hydrogen) atoms. The van der Waals surface area contributed by atoms with Crippen LogP contribution < -0.4 is 5.32 Å². The molecule has 2 nitrogen and oxygen atoms in total. The number of hydrogen-bond donors (Lipinski definition) is 2. The highest BCUT2D eigenvalue weighted by Gasteiger charge is 2.12. The van der Waals surface area contributed by atoms with Crippen LogP contribution in [0.4, 0.5) is 0 Å². The van der Waals surface area contributed by atoms with E-state index in [1.165, 1.54) is 44.9 Å². The Bertz CT molecular complexity index is 373. The van der Waals surface area contributed by atoms with Gasteiger partial charge in [-0.1, -0.05) is 44.2 Å². The molecule has 0 spiro atoms. The van der Waals surface area contributed by atoms with Crippen LogP contribution in [-0.4, -0.2) is 11.1 Å². The predicted molar refractivity (Wildman–Crippen MR) is 78.8 cm³/mol. The van der Waals surface area contributed by atoms with Crippen LogP contribution in [0.15, 0.2) is 22.7 Å². The first-order valence-corrected chi connectivity index (χ1v) is 7.76. The van der Waals surface area contributed by atoms with Crippen LogP contribution in [0.2, 0.25) is 0 Å². The van der Waals surface area contributed by atoms with Gasteiger partial charge in [0.15, 0.2) is 0 Å². The Labute approximate surface area is 118 Å². The SMILES string of the molecule is Oc1c(Br)cccc1CNC1CCCCCCC1. The zero-order valence-electron chi connectivity index (χ0n) is 10.8. The first kappa shape index (κ1) is 13.9. The van der Waals surface area contributed by atoms with E-state index in [1.807, 2.05) is 18.2 Å². The number of para-hydroxylation sites is 1. The van der Waals surface area contributed by atoms with Crippen molar-refractivity contribution in [2.24, 2.45) is 0 Å². The second-order valence-corrected chi connectivity index (χ2v) is 6.02. The molecule has 1 aromatic rings. The van der Waals surface area contributed by atoms with E-state index in [2.05, 4.69) is 21.2 Å². The third-order valence-electron chi connectivity index (χ3n) is 3.76. The molecule has 1 fully saturated rings. The maximum atomic E-state index is 9.94. The lowest BCUT2D eigenvalue weighted by atomic mass is 9.96. The Kier molecular flexibility index (Phi) is 5.51. The van der Waals surface area contributed by atoms with Crippen molar-refractivity contribution in [2.45, 2.75) is 57.5 Å². The van der Waals surface area contributed by atoms with Crippen LogP contribution in [0.3, 0.4) is 0 Å². The van der Waals surface area contributed by atoms with Crippen LogP contribution in [0.1, 0.15) is 50.5 Å². The second-order valence-electron chi connectivity index (χ2n) is 5.17. The van der Waals surface area contributed by atoms with Crippen molar-refractivity contribution in [2.75, 3.05) is 0 Å². The van der Waals surface area contributed by atoms with Gasteiger partial charge in [-0.05, 0) is 34.8 Å². The van der Waals surface area contributed by atoms with E-state index in [0.717, 1.165) is 16.6 Å². The van der Waals surface area contributed by atoms with E-state index in [1.54, 1.807) is 0 Å². The lowest BCUT2D eigenvalue weighted by molar-refractivity contribution is 0.384. The molecular weight excluding hydrogens is 290 g/mol. The molecule has 0 saturated heterocycles. The quantitative estimate of drug-likeness (QED) is 0.869. The van der Waals surface area contributed by atoms with E-state index < -0.39 is 0 Å². The largest absolute Gasteiger partial charge is 0.506 e. The van der Waals surface area contributed by atoms with Gasteiger partial charge in [0.25, 0.3) is 0 Å². The van der Waals surface area contributed by atoms with E-state index in [-0.39, 0.29) is 0 Å². The predicted octanol–water partition coefficient (Wildman–Crippen LogP) is 4.36. The van der Waals surface area contributed by atoms with Gasteiger partial charge in [-0.2, -0.15) is 0 Å². The average molecular weight is 312 g/mol. The molecule has 0 unspecified atom stereocenters. The van der Waals surface area contributed by atoms with Gasteiger partial charge < -0.3 is 10.4 Å². The normalized spacial score (nSPS) is 18.3. The van der Waals surface area contributed by atoms with Crippen LogP contribution in [0.5, 0.6) is 5.75 Å². The summed E-state index contributed by atoms with van der Waals surface area (Å²) in [7, 11) is 0. The Balaban J connectivity index is 1.87. The van der Waals surface area contributed by atoms with Crippen molar-refractivity contribution in [3.8, 4) is 5.75 Å². The minimum absolute atomic E-state index is 0.371. The van der Waals surface area contributed by atoms with Gasteiger partial charge in [0.05, 0.1) is 4.47 Å². The molecule has 0 bridgehead atoms. The fourth-order valence-corrected chi connectivity index (χ4v) is 3.02. The number of aromatic hydroxyl groups is 1. The molecule has 1 aromatic carbocycles. The summed E-state index contributed by atoms with van der Waals surface area (Å²) in [4.78, 5) is 0. The molecule has 0 heterocycles. The monoisotopic (exact) mass is 311 g/mol. The average Bonchev–Trinajstić information content (AvgIpc) is 2.32. The first-order chi connectivity index (χ1) is 8.77. The highest BCUT2D eigenvalue weighted by atomic mass is 79.9. The molecule has 3 heteroatoms. The van der Waals surface area contributed by atoms with Crippen molar-refractivity contribution < 1.29 is 5.11 Å². The van der Waals surface area contributed by atoms with Crippen LogP contribution in [0, 0.1) is 0 Å². The minimum atomic E-state index is 0.371. The molecule has 2 rings (SSSR count). The topological polar surface area (TPSA) is 32.3 Å². The number of nitrogens with one attached hydrogen (secondary N) is 1. The Morgan fingerprint density at radius 1 is 1.11 bits per heavy atom. The third kappa shape index (κ3) is 3.99. The van der Waals surface area contributed by atoms with Crippen molar-refractivity contribution in [3.63, 3.8) is 0 Å². The van der Waals surface area contributed by atoms with Crippen molar-refractivity contribution >= 4 is 15.9 Å². The summed E-state index contributed by atoms with van der Waals surface area (Å²) in [5.41, 5.74) is 0.978. The Hall–Kier alpha value is -0.540. The molecule has 1 aliphatic carbocycles. The van der Waals surface area contributed by atoms with E-state index in [0.29, 0.717) is 11.8 Å². The van der Waals surface area contributed by atoms with Gasteiger partial charge in [0.1, 0.15) is 5.75 Å². The van der Waals surface area contributed by atoms with Gasteiger partial charge in [-0.3, -0.25) is 0 Å². The summed E-state index contributed by atoms with van der Waals surface area (Å²) < 4.78 is 0.777. The highest BCUT2D eigenvalue weighted by Crippen LogP contribution is 2.27. The summed E-state index contributed by atoms with van der Waals surface area (Å²) in [6.45, 7) is 0.760. The molecule has 1 saturated carbocycles. The van der Waals surface area contributed by atoms with Crippen molar-refractivity contribution in [3.05, 3.63) is 28.2 Å². The van der Waals surface area contributed by atoms with Gasteiger partial charge >= 0.3 is 0 Å². The first-order valence-electron chi connectivity index (χ1n) is 6.97. The lowest BCUT2D eigenvalue weighted by Crippen LogP contribution is -2.29. The lowest BCUT2D eigenvalue weighted by Gasteiger charge is -2.21. The summed E-state index contributed by atoms with van der Waals surface area (Å²) in [6.07, 6.45) is 9.37. The zero-order valence-corrected chi connectivity index (χ0v) is 12.4. The van der Waals surface area contributed by atoms with E-state index in [4.69, 9.17) is 0 Å². The molecular formula is C15H22BrNO. The maximum absolute atomic E-state index is 9.94. The smallest absolute Gasteiger partial charge is 0.134 e. The summed E-state index contributed by atoms with van der Waals surface area (Å²) in [5, 5.41) is 13.5. The number of phenols is 1. The van der Waals surface area contributed by atoms with Gasteiger partial charge in [-0.25, -0.2) is 0 Å². The van der Waals surface area contributed by atoms with Gasteiger partial charge in [0.2, 0.25) is 0 Å². The summed E-state index contributed by atoms with van der Waals surface area (Å²) >= 11 is 3.36. The van der Waals surface area contributed by atoms with E-state index in [9.17, 15) is 5.11 Å². The van der Waals surface area contributed by atoms with Crippen LogP contribution in [0.25, 0.3) is 0 Å². The zero-order chi connectivity index (χ0) is 12.8. The molecule has 1 aliphatic rings. The fourth-order valence-electron chi connectivity index (χ4n) is 2.62. The number of benzene rings is 1. The van der Waals surface area contributed by atoms with Crippen molar-refractivity contribution in [1.29, 1.82) is 0 Å². The highest BCUT2D eigenvalue weighted by molar-refractivity contribution is 9.10. The molecule has 2 N–H and O–H groups in total. The maximum Gasteiger partial charge on any atom is 0.134 e. The molecule has 100 valence electrons. The van der Waals surface area contributed by atoms with Gasteiger partial charge in [-0.15, -0.1) is 0 Å². The van der Waals surface area contributed by atoms with E-state index >= 15 is 0 Å². The van der Waals surface area contributed by atoms with Crippen LogP contribution >= 0.6 is 15.9 Å². The standard InChI is InChI=1S/C15H22BrNO/c16-14-10-6-7-12(15(14)18)11-17-13-8-4-2-1-3-5-9-13/h6-7,10,13,17-18H,1-5,8-9,11H2.